The van der Waals surface area contributed by atoms with Crippen LogP contribution in [0.3, 0.4) is 0 Å². The molecule has 0 aromatic heterocycles. The van der Waals surface area contributed by atoms with Crippen molar-refractivity contribution in [3.63, 3.8) is 0 Å². The molecular formula is C16H25Cl2N3O3S. The van der Waals surface area contributed by atoms with Gasteiger partial charge in [-0.25, -0.2) is 8.42 Å². The fourth-order valence-electron chi connectivity index (χ4n) is 2.84. The van der Waals surface area contributed by atoms with Crippen molar-refractivity contribution in [3.8, 4) is 0 Å². The standard InChI is InChI=1S/C16H24ClN3O3S.ClH/c1-16(2)10-20(7-6-14(16)18)9-15(21)19-13-8-11(24(3,22)23)4-5-12(13)17;/h4-5,8,14H,6-7,9-10,18H2,1-3H3,(H,19,21);1H. The molecule has 1 atom stereocenters. The summed E-state index contributed by atoms with van der Waals surface area (Å²) in [6.45, 7) is 5.89. The highest BCUT2D eigenvalue weighted by molar-refractivity contribution is 7.90. The Kier molecular flexibility index (Phi) is 7.30. The van der Waals surface area contributed by atoms with Crippen molar-refractivity contribution in [2.45, 2.75) is 31.2 Å². The van der Waals surface area contributed by atoms with E-state index in [2.05, 4.69) is 19.2 Å². The summed E-state index contributed by atoms with van der Waals surface area (Å²) in [5.41, 5.74) is 6.36. The summed E-state index contributed by atoms with van der Waals surface area (Å²) >= 11 is 6.06. The summed E-state index contributed by atoms with van der Waals surface area (Å²) in [6, 6.07) is 4.39. The van der Waals surface area contributed by atoms with Crippen molar-refractivity contribution >= 4 is 45.4 Å². The van der Waals surface area contributed by atoms with Crippen LogP contribution in [0.5, 0.6) is 0 Å². The molecule has 0 spiro atoms. The molecule has 142 valence electrons. The zero-order valence-corrected chi connectivity index (χ0v) is 17.0. The van der Waals surface area contributed by atoms with Crippen molar-refractivity contribution < 1.29 is 13.2 Å². The molecule has 3 N–H and O–H groups in total. The Morgan fingerprint density at radius 3 is 2.64 bits per heavy atom. The maximum Gasteiger partial charge on any atom is 0.238 e. The lowest BCUT2D eigenvalue weighted by atomic mass is 9.80. The Bertz CT molecular complexity index is 738. The predicted octanol–water partition coefficient (Wildman–Crippen LogP) is 2.16. The van der Waals surface area contributed by atoms with E-state index in [4.69, 9.17) is 17.3 Å². The summed E-state index contributed by atoms with van der Waals surface area (Å²) in [4.78, 5) is 14.5. The second-order valence-electron chi connectivity index (χ2n) is 7.06. The van der Waals surface area contributed by atoms with Gasteiger partial charge in [0.25, 0.3) is 0 Å². The van der Waals surface area contributed by atoms with Crippen LogP contribution in [0.15, 0.2) is 23.1 Å². The van der Waals surface area contributed by atoms with Gasteiger partial charge in [-0.05, 0) is 30.0 Å². The molecule has 1 heterocycles. The van der Waals surface area contributed by atoms with Crippen LogP contribution >= 0.6 is 24.0 Å². The minimum atomic E-state index is -3.36. The number of halogens is 2. The average molecular weight is 410 g/mol. The molecule has 1 amide bonds. The molecule has 1 saturated heterocycles. The zero-order valence-electron chi connectivity index (χ0n) is 14.6. The third-order valence-electron chi connectivity index (χ3n) is 4.40. The van der Waals surface area contributed by atoms with E-state index in [1.807, 2.05) is 4.90 Å². The molecule has 0 saturated carbocycles. The Hall–Kier alpha value is -0.860. The van der Waals surface area contributed by atoms with Crippen LogP contribution < -0.4 is 11.1 Å². The van der Waals surface area contributed by atoms with Crippen molar-refractivity contribution in [2.24, 2.45) is 11.1 Å². The second kappa shape index (κ2) is 8.22. The van der Waals surface area contributed by atoms with Gasteiger partial charge in [0.15, 0.2) is 9.84 Å². The molecule has 2 rings (SSSR count). The van der Waals surface area contributed by atoms with E-state index in [1.54, 1.807) is 0 Å². The van der Waals surface area contributed by atoms with E-state index >= 15 is 0 Å². The van der Waals surface area contributed by atoms with Gasteiger partial charge < -0.3 is 11.1 Å². The minimum Gasteiger partial charge on any atom is -0.327 e. The fraction of sp³-hybridized carbons (Fsp3) is 0.562. The normalized spacial score (nSPS) is 20.6. The van der Waals surface area contributed by atoms with E-state index in [0.717, 1.165) is 25.8 Å². The number of hydrogen-bond acceptors (Lipinski definition) is 5. The van der Waals surface area contributed by atoms with Crippen LogP contribution in [0.4, 0.5) is 5.69 Å². The second-order valence-corrected chi connectivity index (χ2v) is 9.48. The van der Waals surface area contributed by atoms with E-state index in [0.29, 0.717) is 10.7 Å². The first-order valence-electron chi connectivity index (χ1n) is 7.76. The first-order valence-corrected chi connectivity index (χ1v) is 10.0. The first kappa shape index (κ1) is 22.2. The van der Waals surface area contributed by atoms with Gasteiger partial charge in [0, 0.05) is 25.4 Å². The summed E-state index contributed by atoms with van der Waals surface area (Å²) in [5.74, 6) is -0.228. The van der Waals surface area contributed by atoms with Gasteiger partial charge in [0.2, 0.25) is 5.91 Å². The van der Waals surface area contributed by atoms with Crippen LogP contribution in [-0.4, -0.2) is 51.2 Å². The quantitative estimate of drug-likeness (QED) is 0.794. The SMILES string of the molecule is CC1(C)CN(CC(=O)Nc2cc(S(C)(=O)=O)ccc2Cl)CCC1N.Cl. The number of anilines is 1. The fourth-order valence-corrected chi connectivity index (χ4v) is 3.66. The summed E-state index contributed by atoms with van der Waals surface area (Å²) in [5, 5.41) is 3.00. The molecule has 25 heavy (non-hydrogen) atoms. The number of piperidine rings is 1. The number of carbonyl (C=O) groups is 1. The number of benzene rings is 1. The summed E-state index contributed by atoms with van der Waals surface area (Å²) in [7, 11) is -3.36. The molecule has 6 nitrogen and oxygen atoms in total. The van der Waals surface area contributed by atoms with Gasteiger partial charge in [0.1, 0.15) is 0 Å². The van der Waals surface area contributed by atoms with Crippen LogP contribution in [-0.2, 0) is 14.6 Å². The van der Waals surface area contributed by atoms with Crippen molar-refractivity contribution in [2.75, 3.05) is 31.2 Å². The molecule has 1 aliphatic rings. The van der Waals surface area contributed by atoms with Crippen LogP contribution in [0.2, 0.25) is 5.02 Å². The molecule has 1 aromatic rings. The Balaban J connectivity index is 0.00000312. The largest absolute Gasteiger partial charge is 0.327 e. The van der Waals surface area contributed by atoms with E-state index in [9.17, 15) is 13.2 Å². The number of nitrogens with two attached hydrogens (primary N) is 1. The van der Waals surface area contributed by atoms with Crippen LogP contribution in [0.1, 0.15) is 20.3 Å². The monoisotopic (exact) mass is 409 g/mol. The minimum absolute atomic E-state index is 0. The summed E-state index contributed by atoms with van der Waals surface area (Å²) < 4.78 is 23.3. The molecule has 1 aromatic carbocycles. The van der Waals surface area contributed by atoms with E-state index in [1.165, 1.54) is 18.2 Å². The number of nitrogens with zero attached hydrogens (tertiary/aromatic N) is 1. The number of hydrogen-bond donors (Lipinski definition) is 2. The number of amides is 1. The number of nitrogens with one attached hydrogen (secondary N) is 1. The molecular weight excluding hydrogens is 385 g/mol. The van der Waals surface area contributed by atoms with Gasteiger partial charge >= 0.3 is 0 Å². The highest BCUT2D eigenvalue weighted by atomic mass is 35.5. The number of carbonyl (C=O) groups excluding carboxylic acids is 1. The Morgan fingerprint density at radius 2 is 2.08 bits per heavy atom. The molecule has 1 aliphatic heterocycles. The predicted molar refractivity (Wildman–Crippen MR) is 103 cm³/mol. The number of rotatable bonds is 4. The van der Waals surface area contributed by atoms with E-state index < -0.39 is 9.84 Å². The molecule has 0 radical (unpaired) electrons. The smallest absolute Gasteiger partial charge is 0.238 e. The average Bonchev–Trinajstić information content (AvgIpc) is 2.43. The lowest BCUT2D eigenvalue weighted by molar-refractivity contribution is -0.118. The Morgan fingerprint density at radius 1 is 1.44 bits per heavy atom. The van der Waals surface area contributed by atoms with Gasteiger partial charge in [-0.2, -0.15) is 0 Å². The number of sulfone groups is 1. The van der Waals surface area contributed by atoms with Gasteiger partial charge in [0.05, 0.1) is 22.2 Å². The van der Waals surface area contributed by atoms with Crippen molar-refractivity contribution in [1.29, 1.82) is 0 Å². The lowest BCUT2D eigenvalue weighted by Gasteiger charge is -2.42. The molecule has 0 bridgehead atoms. The molecule has 1 unspecified atom stereocenters. The van der Waals surface area contributed by atoms with Crippen LogP contribution in [0.25, 0.3) is 0 Å². The van der Waals surface area contributed by atoms with Crippen molar-refractivity contribution in [3.05, 3.63) is 23.2 Å². The van der Waals surface area contributed by atoms with E-state index in [-0.39, 0.29) is 41.2 Å². The number of likely N-dealkylation sites (tertiary alicyclic amines) is 1. The molecule has 1 fully saturated rings. The first-order chi connectivity index (χ1) is 11.0. The maximum absolute atomic E-state index is 12.3. The third-order valence-corrected chi connectivity index (χ3v) is 5.84. The molecule has 9 heteroatoms. The lowest BCUT2D eigenvalue weighted by Crippen LogP contribution is -2.53. The van der Waals surface area contributed by atoms with Gasteiger partial charge in [-0.1, -0.05) is 25.4 Å². The van der Waals surface area contributed by atoms with Gasteiger partial charge in [-0.3, -0.25) is 9.69 Å². The highest BCUT2D eigenvalue weighted by Gasteiger charge is 2.33. The van der Waals surface area contributed by atoms with Gasteiger partial charge in [-0.15, -0.1) is 12.4 Å². The summed E-state index contributed by atoms with van der Waals surface area (Å²) in [6.07, 6.45) is 1.95. The van der Waals surface area contributed by atoms with Crippen LogP contribution in [0, 0.1) is 5.41 Å². The maximum atomic E-state index is 12.3. The highest BCUT2D eigenvalue weighted by Crippen LogP contribution is 2.28. The zero-order chi connectivity index (χ0) is 18.1. The molecule has 0 aliphatic carbocycles. The van der Waals surface area contributed by atoms with Crippen molar-refractivity contribution in [1.82, 2.24) is 4.90 Å². The third kappa shape index (κ3) is 5.82. The topological polar surface area (TPSA) is 92.5 Å². The Labute approximate surface area is 160 Å².